The van der Waals surface area contributed by atoms with Crippen LogP contribution in [0.4, 0.5) is 0 Å². The second-order valence-corrected chi connectivity index (χ2v) is 13.3. The van der Waals surface area contributed by atoms with E-state index >= 15 is 0 Å². The number of benzene rings is 5. The summed E-state index contributed by atoms with van der Waals surface area (Å²) in [6, 6.07) is 51.6. The van der Waals surface area contributed by atoms with Gasteiger partial charge < -0.3 is 9.05 Å². The van der Waals surface area contributed by atoms with Crippen LogP contribution in [0.1, 0.15) is 33.9 Å². The van der Waals surface area contributed by atoms with Gasteiger partial charge in [0.05, 0.1) is 6.04 Å². The van der Waals surface area contributed by atoms with Crippen molar-refractivity contribution in [2.24, 2.45) is 0 Å². The van der Waals surface area contributed by atoms with E-state index in [9.17, 15) is 4.57 Å². The highest BCUT2D eigenvalue weighted by Crippen LogP contribution is 2.59. The van der Waals surface area contributed by atoms with Gasteiger partial charge in [0.1, 0.15) is 5.78 Å². The molecule has 44 heavy (non-hydrogen) atoms. The number of hydrogen-bond acceptors (Lipinski definition) is 5. The normalized spacial score (nSPS) is 13.2. The van der Waals surface area contributed by atoms with E-state index in [-0.39, 0.29) is 6.04 Å². The fourth-order valence-electron chi connectivity index (χ4n) is 5.85. The molecule has 0 radical (unpaired) electrons. The molecule has 0 unspecified atom stereocenters. The Balaban J connectivity index is 1.70. The van der Waals surface area contributed by atoms with Crippen molar-refractivity contribution in [1.82, 2.24) is 9.80 Å². The lowest BCUT2D eigenvalue weighted by Gasteiger charge is -2.44. The Kier molecular flexibility index (Phi) is 11.3. The summed E-state index contributed by atoms with van der Waals surface area (Å²) in [5.41, 5.74) is 5.63. The molecule has 5 nitrogen and oxygen atoms in total. The summed E-state index contributed by atoms with van der Waals surface area (Å²) in [7, 11) is -0.720. The van der Waals surface area contributed by atoms with E-state index in [1.165, 1.54) is 25.3 Å². The minimum absolute atomic E-state index is 0.352. The molecule has 0 aromatic heterocycles. The smallest absolute Gasteiger partial charge is 0.311 e. The summed E-state index contributed by atoms with van der Waals surface area (Å²) < 4.78 is 26.8. The van der Waals surface area contributed by atoms with E-state index in [0.29, 0.717) is 26.2 Å². The summed E-state index contributed by atoms with van der Waals surface area (Å²) in [5, 5.41) is 0. The van der Waals surface area contributed by atoms with Gasteiger partial charge in [-0.05, 0) is 27.8 Å². The fraction of sp³-hybridized carbons (Fsp3) is 0.211. The maximum absolute atomic E-state index is 15.0. The van der Waals surface area contributed by atoms with Crippen molar-refractivity contribution >= 4 is 7.60 Å². The molecular weight excluding hydrogens is 563 g/mol. The van der Waals surface area contributed by atoms with Crippen LogP contribution in [-0.2, 0) is 39.8 Å². The topological polar surface area (TPSA) is 42.0 Å². The Hall–Kier alpha value is -3.83. The summed E-state index contributed by atoms with van der Waals surface area (Å²) in [5.74, 6) is -0.646. The Morgan fingerprint density at radius 3 is 1.09 bits per heavy atom. The molecule has 0 aliphatic heterocycles. The molecule has 0 heterocycles. The minimum atomic E-state index is -3.72. The molecule has 0 spiro atoms. The maximum atomic E-state index is 15.0. The Morgan fingerprint density at radius 2 is 0.773 bits per heavy atom. The molecule has 0 saturated carbocycles. The largest absolute Gasteiger partial charge is 0.349 e. The molecule has 0 aliphatic rings. The Morgan fingerprint density at radius 1 is 0.477 bits per heavy atom. The first-order chi connectivity index (χ1) is 21.6. The third-order valence-electron chi connectivity index (χ3n) is 7.94. The lowest BCUT2D eigenvalue weighted by atomic mass is 10.0. The lowest BCUT2D eigenvalue weighted by Crippen LogP contribution is -2.46. The third-order valence-corrected chi connectivity index (χ3v) is 10.2. The molecule has 5 rings (SSSR count). The summed E-state index contributed by atoms with van der Waals surface area (Å²) in [6.45, 7) is 2.41. The summed E-state index contributed by atoms with van der Waals surface area (Å²) in [4.78, 5) is 4.69. The SMILES string of the molecule is COP(=O)(OC)[C@@H]([C@@H](c1ccccc1)N(Cc1ccccc1)Cc1ccccc1)N(Cc1ccccc1)Cc1ccccc1. The third kappa shape index (κ3) is 8.21. The van der Waals surface area contributed by atoms with Gasteiger partial charge in [0.15, 0.2) is 0 Å². The van der Waals surface area contributed by atoms with Crippen molar-refractivity contribution in [3.8, 4) is 0 Å². The highest BCUT2D eigenvalue weighted by atomic mass is 31.2. The van der Waals surface area contributed by atoms with E-state index in [1.54, 1.807) is 0 Å². The summed E-state index contributed by atoms with van der Waals surface area (Å²) >= 11 is 0. The molecule has 0 amide bonds. The van der Waals surface area contributed by atoms with Gasteiger partial charge >= 0.3 is 7.60 Å². The number of hydrogen-bond donors (Lipinski definition) is 0. The van der Waals surface area contributed by atoms with Crippen LogP contribution in [0.3, 0.4) is 0 Å². The summed E-state index contributed by atoms with van der Waals surface area (Å²) in [6.07, 6.45) is 0. The van der Waals surface area contributed by atoms with Crippen molar-refractivity contribution in [1.29, 1.82) is 0 Å². The molecule has 226 valence electrons. The quantitative estimate of drug-likeness (QED) is 0.112. The first-order valence-corrected chi connectivity index (χ1v) is 16.6. The maximum Gasteiger partial charge on any atom is 0.349 e. The van der Waals surface area contributed by atoms with E-state index in [2.05, 4.69) is 94.7 Å². The zero-order valence-electron chi connectivity index (χ0n) is 25.5. The second-order valence-electron chi connectivity index (χ2n) is 10.9. The fourth-order valence-corrected chi connectivity index (χ4v) is 7.70. The van der Waals surface area contributed by atoms with Crippen molar-refractivity contribution in [2.75, 3.05) is 14.2 Å². The molecule has 0 fully saturated rings. The minimum Gasteiger partial charge on any atom is -0.311 e. The van der Waals surface area contributed by atoms with Crippen LogP contribution >= 0.6 is 7.60 Å². The predicted octanol–water partition coefficient (Wildman–Crippen LogP) is 8.94. The zero-order chi connectivity index (χ0) is 30.6. The first kappa shape index (κ1) is 31.6. The van der Waals surface area contributed by atoms with Crippen LogP contribution in [0.2, 0.25) is 0 Å². The molecule has 0 saturated heterocycles. The molecular formula is C38H41N2O3P. The van der Waals surface area contributed by atoms with Gasteiger partial charge in [-0.1, -0.05) is 152 Å². The molecule has 5 aromatic rings. The molecule has 0 aliphatic carbocycles. The van der Waals surface area contributed by atoms with E-state index in [0.717, 1.165) is 16.7 Å². The standard InChI is InChI=1S/C38H41N2O3P/c1-42-44(41,43-2)38(40(30-34-22-12-5-13-23-34)31-35-24-14-6-15-25-35)37(36-26-16-7-17-27-36)39(28-32-18-8-3-9-19-32)29-33-20-10-4-11-21-33/h3-27,37-38H,28-31H2,1-2H3/t37-,38+/m1/s1. The highest BCUT2D eigenvalue weighted by Gasteiger charge is 2.47. The number of nitrogens with zero attached hydrogens (tertiary/aromatic N) is 2. The highest BCUT2D eigenvalue weighted by molar-refractivity contribution is 7.54. The Labute approximate surface area is 262 Å². The van der Waals surface area contributed by atoms with Gasteiger partial charge in [-0.15, -0.1) is 0 Å². The van der Waals surface area contributed by atoms with Crippen LogP contribution in [0.15, 0.2) is 152 Å². The first-order valence-electron chi connectivity index (χ1n) is 15.0. The van der Waals surface area contributed by atoms with E-state index in [4.69, 9.17) is 9.05 Å². The lowest BCUT2D eigenvalue weighted by molar-refractivity contribution is 0.0743. The van der Waals surface area contributed by atoms with Gasteiger partial charge in [0, 0.05) is 40.4 Å². The monoisotopic (exact) mass is 604 g/mol. The van der Waals surface area contributed by atoms with Crippen molar-refractivity contribution in [3.63, 3.8) is 0 Å². The van der Waals surface area contributed by atoms with Gasteiger partial charge in [0.25, 0.3) is 0 Å². The van der Waals surface area contributed by atoms with E-state index < -0.39 is 13.4 Å². The van der Waals surface area contributed by atoms with Crippen LogP contribution < -0.4 is 0 Å². The van der Waals surface area contributed by atoms with Crippen molar-refractivity contribution in [3.05, 3.63) is 179 Å². The van der Waals surface area contributed by atoms with Crippen LogP contribution in [0.25, 0.3) is 0 Å². The van der Waals surface area contributed by atoms with Gasteiger partial charge in [-0.25, -0.2) is 0 Å². The van der Waals surface area contributed by atoms with Crippen LogP contribution in [-0.4, -0.2) is 29.8 Å². The number of rotatable bonds is 15. The molecule has 0 bridgehead atoms. The molecule has 2 atom stereocenters. The molecule has 6 heteroatoms. The molecule has 5 aromatic carbocycles. The molecule has 0 N–H and O–H groups in total. The van der Waals surface area contributed by atoms with Gasteiger partial charge in [-0.2, -0.15) is 0 Å². The van der Waals surface area contributed by atoms with Gasteiger partial charge in [-0.3, -0.25) is 14.4 Å². The Bertz CT molecular complexity index is 1480. The average Bonchev–Trinajstić information content (AvgIpc) is 3.08. The average molecular weight is 605 g/mol. The predicted molar refractivity (Wildman–Crippen MR) is 179 cm³/mol. The van der Waals surface area contributed by atoms with Gasteiger partial charge in [0.2, 0.25) is 0 Å². The van der Waals surface area contributed by atoms with Crippen molar-refractivity contribution < 1.29 is 13.6 Å². The zero-order valence-corrected chi connectivity index (χ0v) is 26.4. The second kappa shape index (κ2) is 15.8. The van der Waals surface area contributed by atoms with Crippen molar-refractivity contribution in [2.45, 2.75) is 38.0 Å². The van der Waals surface area contributed by atoms with Crippen LogP contribution in [0.5, 0.6) is 0 Å². The van der Waals surface area contributed by atoms with Crippen LogP contribution in [0, 0.1) is 0 Å². The van der Waals surface area contributed by atoms with E-state index in [1.807, 2.05) is 66.7 Å².